The molecule has 2 rings (SSSR count). The zero-order chi connectivity index (χ0) is 13.1. The molecule has 18 heavy (non-hydrogen) atoms. The first-order chi connectivity index (χ1) is 8.58. The highest BCUT2D eigenvalue weighted by molar-refractivity contribution is 7.14. The van der Waals surface area contributed by atoms with Crippen LogP contribution in [0.4, 0.5) is 0 Å². The molecule has 0 unspecified atom stereocenters. The fourth-order valence-corrected chi connectivity index (χ4v) is 2.17. The Hall–Kier alpha value is -1.95. The summed E-state index contributed by atoms with van der Waals surface area (Å²) in [6.07, 6.45) is 6.79. The molecule has 0 fully saturated rings. The molecule has 2 heterocycles. The summed E-state index contributed by atoms with van der Waals surface area (Å²) in [6.45, 7) is 4.10. The molecule has 2 aromatic rings. The molecule has 0 spiro atoms. The average Bonchev–Trinajstić information content (AvgIpc) is 2.95. The van der Waals surface area contributed by atoms with Crippen molar-refractivity contribution in [2.24, 2.45) is 0 Å². The molecule has 0 aromatic carbocycles. The van der Waals surface area contributed by atoms with Crippen LogP contribution in [0.3, 0.4) is 0 Å². The van der Waals surface area contributed by atoms with Crippen LogP contribution in [0.15, 0.2) is 18.5 Å². The summed E-state index contributed by atoms with van der Waals surface area (Å²) < 4.78 is 1.89. The topological polar surface area (TPSA) is 68.0 Å². The van der Waals surface area contributed by atoms with Gasteiger partial charge >= 0.3 is 5.97 Å². The molecule has 1 N–H and O–H groups in total. The summed E-state index contributed by atoms with van der Waals surface area (Å²) in [5.41, 5.74) is 0.970. The van der Waals surface area contributed by atoms with Gasteiger partial charge in [-0.1, -0.05) is 0 Å². The van der Waals surface area contributed by atoms with Crippen molar-refractivity contribution in [3.05, 3.63) is 34.0 Å². The fraction of sp³-hybridized carbons (Fsp3) is 0.250. The third-order valence-corrected chi connectivity index (χ3v) is 3.27. The third kappa shape index (κ3) is 2.65. The maximum absolute atomic E-state index is 10.7. The van der Waals surface area contributed by atoms with Crippen LogP contribution >= 0.6 is 11.3 Å². The van der Waals surface area contributed by atoms with Gasteiger partial charge in [-0.15, -0.1) is 11.3 Å². The maximum atomic E-state index is 10.7. The number of aromatic carboxylic acids is 1. The highest BCUT2D eigenvalue weighted by Crippen LogP contribution is 2.17. The van der Waals surface area contributed by atoms with Gasteiger partial charge in [0.1, 0.15) is 9.88 Å². The summed E-state index contributed by atoms with van der Waals surface area (Å²) in [5, 5.41) is 13.7. The number of aromatic nitrogens is 3. The van der Waals surface area contributed by atoms with E-state index in [9.17, 15) is 4.79 Å². The van der Waals surface area contributed by atoms with E-state index in [2.05, 4.69) is 23.9 Å². The lowest BCUT2D eigenvalue weighted by atomic mass is 10.3. The highest BCUT2D eigenvalue weighted by Gasteiger charge is 2.07. The minimum absolute atomic E-state index is 0.243. The third-order valence-electron chi connectivity index (χ3n) is 2.32. The van der Waals surface area contributed by atoms with Crippen molar-refractivity contribution in [3.63, 3.8) is 0 Å². The quantitative estimate of drug-likeness (QED) is 0.921. The van der Waals surface area contributed by atoms with E-state index in [0.717, 1.165) is 17.0 Å². The number of hydrogen-bond donors (Lipinski definition) is 1. The summed E-state index contributed by atoms with van der Waals surface area (Å²) in [4.78, 5) is 15.0. The summed E-state index contributed by atoms with van der Waals surface area (Å²) >= 11 is 1.15. The van der Waals surface area contributed by atoms with Crippen LogP contribution in [0.5, 0.6) is 0 Å². The van der Waals surface area contributed by atoms with Gasteiger partial charge < -0.3 is 5.11 Å². The van der Waals surface area contributed by atoms with Crippen LogP contribution in [0.25, 0.3) is 12.2 Å². The Bertz CT molecular complexity index is 584. The Morgan fingerprint density at radius 1 is 1.50 bits per heavy atom. The summed E-state index contributed by atoms with van der Waals surface area (Å²) in [5.74, 6) is -0.945. The van der Waals surface area contributed by atoms with Crippen molar-refractivity contribution in [3.8, 4) is 0 Å². The van der Waals surface area contributed by atoms with Crippen molar-refractivity contribution >= 4 is 29.5 Å². The second kappa shape index (κ2) is 5.14. The van der Waals surface area contributed by atoms with E-state index in [1.54, 1.807) is 12.3 Å². The predicted octanol–water partition coefficient (Wildman–Crippen LogP) is 2.79. The molecule has 0 aliphatic carbocycles. The van der Waals surface area contributed by atoms with E-state index >= 15 is 0 Å². The Labute approximate surface area is 108 Å². The van der Waals surface area contributed by atoms with E-state index in [-0.39, 0.29) is 10.9 Å². The number of thiazole rings is 1. The van der Waals surface area contributed by atoms with E-state index in [1.807, 2.05) is 16.8 Å². The molecule has 0 aliphatic rings. The molecule has 0 amide bonds. The van der Waals surface area contributed by atoms with Gasteiger partial charge in [0, 0.05) is 12.2 Å². The minimum atomic E-state index is -0.945. The lowest BCUT2D eigenvalue weighted by molar-refractivity contribution is 0.0702. The van der Waals surface area contributed by atoms with Gasteiger partial charge in [0.05, 0.1) is 11.9 Å². The van der Waals surface area contributed by atoms with Crippen molar-refractivity contribution in [1.29, 1.82) is 0 Å². The second-order valence-corrected chi connectivity index (χ2v) is 5.06. The molecule has 0 saturated carbocycles. The fourth-order valence-electron chi connectivity index (χ4n) is 1.51. The summed E-state index contributed by atoms with van der Waals surface area (Å²) in [7, 11) is 0. The average molecular weight is 263 g/mol. The van der Waals surface area contributed by atoms with E-state index in [4.69, 9.17) is 5.11 Å². The van der Waals surface area contributed by atoms with Crippen LogP contribution in [-0.2, 0) is 0 Å². The van der Waals surface area contributed by atoms with Gasteiger partial charge in [-0.05, 0) is 32.1 Å². The number of carboxylic acids is 1. The molecule has 94 valence electrons. The lowest BCUT2D eigenvalue weighted by Gasteiger charge is -2.07. The van der Waals surface area contributed by atoms with Gasteiger partial charge in [-0.25, -0.2) is 9.78 Å². The first-order valence-electron chi connectivity index (χ1n) is 5.48. The molecular weight excluding hydrogens is 250 g/mol. The van der Waals surface area contributed by atoms with Crippen molar-refractivity contribution in [2.45, 2.75) is 19.9 Å². The van der Waals surface area contributed by atoms with E-state index in [1.165, 1.54) is 6.20 Å². The van der Waals surface area contributed by atoms with Crippen molar-refractivity contribution < 1.29 is 9.90 Å². The monoisotopic (exact) mass is 263 g/mol. The second-order valence-electron chi connectivity index (χ2n) is 4.00. The minimum Gasteiger partial charge on any atom is -0.477 e. The number of nitrogens with zero attached hydrogens (tertiary/aromatic N) is 3. The van der Waals surface area contributed by atoms with E-state index < -0.39 is 5.97 Å². The first-order valence-corrected chi connectivity index (χ1v) is 6.30. The Morgan fingerprint density at radius 2 is 2.28 bits per heavy atom. The van der Waals surface area contributed by atoms with Crippen LogP contribution in [0.1, 0.15) is 40.3 Å². The van der Waals surface area contributed by atoms with Gasteiger partial charge in [-0.2, -0.15) is 5.10 Å². The SMILES string of the molecule is CC(C)n1nccc1C=Cc1ncc(C(=O)O)s1. The molecule has 0 aliphatic heterocycles. The smallest absolute Gasteiger partial charge is 0.347 e. The van der Waals surface area contributed by atoms with Crippen molar-refractivity contribution in [2.75, 3.05) is 0 Å². The van der Waals surface area contributed by atoms with E-state index in [0.29, 0.717) is 5.01 Å². The Balaban J connectivity index is 2.19. The highest BCUT2D eigenvalue weighted by atomic mass is 32.1. The van der Waals surface area contributed by atoms with Gasteiger partial charge in [0.25, 0.3) is 0 Å². The van der Waals surface area contributed by atoms with Crippen LogP contribution in [0, 0.1) is 0 Å². The molecule has 6 heteroatoms. The Kier molecular flexibility index (Phi) is 3.57. The molecule has 2 aromatic heterocycles. The number of hydrogen-bond acceptors (Lipinski definition) is 4. The lowest BCUT2D eigenvalue weighted by Crippen LogP contribution is -2.04. The number of rotatable bonds is 4. The van der Waals surface area contributed by atoms with Gasteiger partial charge in [0.2, 0.25) is 0 Å². The predicted molar refractivity (Wildman–Crippen MR) is 70.6 cm³/mol. The van der Waals surface area contributed by atoms with Gasteiger partial charge in [-0.3, -0.25) is 4.68 Å². The largest absolute Gasteiger partial charge is 0.477 e. The molecule has 0 bridgehead atoms. The molecular formula is C12H13N3O2S. The normalized spacial score (nSPS) is 11.5. The zero-order valence-corrected chi connectivity index (χ0v) is 10.9. The molecule has 0 radical (unpaired) electrons. The number of carbonyl (C=O) groups is 1. The molecule has 0 atom stereocenters. The molecule has 0 saturated heterocycles. The molecule has 5 nitrogen and oxygen atoms in total. The maximum Gasteiger partial charge on any atom is 0.347 e. The van der Waals surface area contributed by atoms with Crippen LogP contribution in [-0.4, -0.2) is 25.8 Å². The van der Waals surface area contributed by atoms with Crippen LogP contribution < -0.4 is 0 Å². The summed E-state index contributed by atoms with van der Waals surface area (Å²) in [6, 6.07) is 2.19. The van der Waals surface area contributed by atoms with Gasteiger partial charge in [0.15, 0.2) is 0 Å². The van der Waals surface area contributed by atoms with Crippen molar-refractivity contribution in [1.82, 2.24) is 14.8 Å². The first kappa shape index (κ1) is 12.5. The number of carboxylic acid groups (broad SMARTS) is 1. The Morgan fingerprint density at radius 3 is 2.89 bits per heavy atom. The standard InChI is InChI=1S/C12H13N3O2S/c1-8(2)15-9(5-6-14-15)3-4-11-13-7-10(18-11)12(16)17/h3-8H,1-2H3,(H,16,17). The van der Waals surface area contributed by atoms with Crippen LogP contribution in [0.2, 0.25) is 0 Å². The zero-order valence-electron chi connectivity index (χ0n) is 10.1.